The summed E-state index contributed by atoms with van der Waals surface area (Å²) in [7, 11) is 0. The van der Waals surface area contributed by atoms with Gasteiger partial charge in [0.15, 0.2) is 5.78 Å². The quantitative estimate of drug-likeness (QED) is 0.560. The van der Waals surface area contributed by atoms with E-state index in [0.717, 1.165) is 23.5 Å². The lowest BCUT2D eigenvalue weighted by Gasteiger charge is -2.33. The molecule has 148 valence electrons. The van der Waals surface area contributed by atoms with Crippen molar-refractivity contribution in [1.29, 1.82) is 0 Å². The van der Waals surface area contributed by atoms with E-state index < -0.39 is 4.92 Å². The zero-order valence-corrected chi connectivity index (χ0v) is 16.4. The third kappa shape index (κ3) is 3.78. The third-order valence-corrected chi connectivity index (χ3v) is 5.36. The van der Waals surface area contributed by atoms with Gasteiger partial charge in [-0.3, -0.25) is 14.9 Å². The van der Waals surface area contributed by atoms with Crippen LogP contribution in [-0.4, -0.2) is 16.7 Å². The van der Waals surface area contributed by atoms with Crippen LogP contribution < -0.4 is 10.6 Å². The van der Waals surface area contributed by atoms with Crippen LogP contribution in [0.25, 0.3) is 6.08 Å². The summed E-state index contributed by atoms with van der Waals surface area (Å²) in [5.74, 6) is 0.0984. The van der Waals surface area contributed by atoms with Crippen LogP contribution in [0.2, 0.25) is 0 Å². The van der Waals surface area contributed by atoms with E-state index in [4.69, 9.17) is 0 Å². The molecule has 0 radical (unpaired) electrons. The molecule has 0 fully saturated rings. The lowest BCUT2D eigenvalue weighted by molar-refractivity contribution is -0.385. The minimum atomic E-state index is -0.393. The van der Waals surface area contributed by atoms with Crippen LogP contribution >= 0.6 is 0 Å². The first kappa shape index (κ1) is 18.9. The summed E-state index contributed by atoms with van der Waals surface area (Å²) < 4.78 is 0. The normalized spacial score (nSPS) is 20.3. The number of nitro groups is 1. The first-order chi connectivity index (χ1) is 13.8. The van der Waals surface area contributed by atoms with Crippen molar-refractivity contribution in [3.05, 3.63) is 81.6 Å². The van der Waals surface area contributed by atoms with E-state index in [9.17, 15) is 14.9 Å². The number of allylic oxidation sites excluding steroid dienone is 1. The van der Waals surface area contributed by atoms with Crippen LogP contribution in [0.1, 0.15) is 32.3 Å². The highest BCUT2D eigenvalue weighted by Crippen LogP contribution is 2.41. The number of hydrogen-bond acceptors (Lipinski definition) is 5. The fraction of sp³-hybridized carbons (Fsp3) is 0.261. The van der Waals surface area contributed by atoms with Gasteiger partial charge in [-0.1, -0.05) is 44.2 Å². The average molecular weight is 389 g/mol. The van der Waals surface area contributed by atoms with Crippen molar-refractivity contribution in [2.45, 2.75) is 32.7 Å². The van der Waals surface area contributed by atoms with Gasteiger partial charge in [-0.25, -0.2) is 0 Å². The number of rotatable bonds is 3. The maximum Gasteiger partial charge on any atom is 0.276 e. The minimum absolute atomic E-state index is 0.0428. The van der Waals surface area contributed by atoms with E-state index in [1.165, 1.54) is 6.07 Å². The van der Waals surface area contributed by atoms with E-state index in [1.807, 2.05) is 30.3 Å². The fourth-order valence-electron chi connectivity index (χ4n) is 4.07. The highest BCUT2D eigenvalue weighted by atomic mass is 16.6. The molecule has 0 saturated carbocycles. The summed E-state index contributed by atoms with van der Waals surface area (Å²) in [6, 6.07) is 14.1. The lowest BCUT2D eigenvalue weighted by Crippen LogP contribution is -2.34. The Morgan fingerprint density at radius 3 is 2.52 bits per heavy atom. The number of carbonyl (C=O) groups is 1. The van der Waals surface area contributed by atoms with E-state index in [0.29, 0.717) is 17.6 Å². The molecule has 0 spiro atoms. The van der Waals surface area contributed by atoms with Crippen molar-refractivity contribution >= 4 is 28.9 Å². The Morgan fingerprint density at radius 2 is 1.76 bits per heavy atom. The molecule has 2 aromatic rings. The van der Waals surface area contributed by atoms with Crippen molar-refractivity contribution in [2.75, 3.05) is 10.6 Å². The Hall–Kier alpha value is -3.41. The number of Topliss-reactive ketones (excluding diaryl/α,β-unsaturated/α-hetero) is 1. The number of fused-ring (bicyclic) bond motifs is 1. The third-order valence-electron chi connectivity index (χ3n) is 5.36. The molecule has 0 amide bonds. The fourth-order valence-corrected chi connectivity index (χ4v) is 4.07. The molecule has 6 heteroatoms. The van der Waals surface area contributed by atoms with Gasteiger partial charge in [0.05, 0.1) is 27.9 Å². The molecule has 2 aromatic carbocycles. The average Bonchev–Trinajstić information content (AvgIpc) is 2.81. The number of nitrogens with one attached hydrogen (secondary N) is 2. The molecule has 0 aromatic heterocycles. The molecule has 2 aliphatic rings. The molecule has 1 aliphatic carbocycles. The number of hydrogen-bond donors (Lipinski definition) is 2. The number of ketones is 1. The van der Waals surface area contributed by atoms with Crippen molar-refractivity contribution in [3.63, 3.8) is 0 Å². The van der Waals surface area contributed by atoms with Crippen LogP contribution in [0, 0.1) is 15.5 Å². The number of nitro benzene ring substituents is 1. The van der Waals surface area contributed by atoms with Crippen molar-refractivity contribution in [3.8, 4) is 0 Å². The Labute approximate surface area is 169 Å². The number of para-hydroxylation sites is 3. The molecule has 0 unspecified atom stereocenters. The van der Waals surface area contributed by atoms with Gasteiger partial charge in [0.2, 0.25) is 0 Å². The molecule has 1 aliphatic heterocycles. The SMILES string of the molecule is CC1(C)CC(=O)C2=C(C1)Nc1ccccc1N[C@@H]2/C=C/c1ccccc1[N+](=O)[O-]. The Balaban J connectivity index is 1.78. The van der Waals surface area contributed by atoms with Crippen LogP contribution in [0.4, 0.5) is 17.1 Å². The Kier molecular flexibility index (Phi) is 4.70. The second-order valence-corrected chi connectivity index (χ2v) is 8.30. The molecule has 1 heterocycles. The van der Waals surface area contributed by atoms with E-state index in [2.05, 4.69) is 24.5 Å². The summed E-state index contributed by atoms with van der Waals surface area (Å²) in [6.07, 6.45) is 4.81. The summed E-state index contributed by atoms with van der Waals surface area (Å²) in [5.41, 5.74) is 3.87. The van der Waals surface area contributed by atoms with Crippen LogP contribution in [0.15, 0.2) is 65.9 Å². The van der Waals surface area contributed by atoms with E-state index >= 15 is 0 Å². The van der Waals surface area contributed by atoms with Crippen molar-refractivity contribution < 1.29 is 9.72 Å². The van der Waals surface area contributed by atoms with Gasteiger partial charge in [-0.05, 0) is 36.1 Å². The molecular formula is C23H23N3O3. The largest absolute Gasteiger partial charge is 0.373 e. The van der Waals surface area contributed by atoms with Gasteiger partial charge in [0.1, 0.15) is 0 Å². The van der Waals surface area contributed by atoms with Crippen LogP contribution in [0.3, 0.4) is 0 Å². The predicted molar refractivity (Wildman–Crippen MR) is 115 cm³/mol. The summed E-state index contributed by atoms with van der Waals surface area (Å²) in [4.78, 5) is 24.0. The van der Waals surface area contributed by atoms with Gasteiger partial charge < -0.3 is 10.6 Å². The second-order valence-electron chi connectivity index (χ2n) is 8.30. The maximum atomic E-state index is 13.1. The molecule has 6 nitrogen and oxygen atoms in total. The molecule has 4 rings (SSSR count). The maximum absolute atomic E-state index is 13.1. The summed E-state index contributed by atoms with van der Waals surface area (Å²) in [5, 5.41) is 18.2. The van der Waals surface area contributed by atoms with Gasteiger partial charge in [-0.15, -0.1) is 0 Å². The number of carbonyl (C=O) groups excluding carboxylic acids is 1. The predicted octanol–water partition coefficient (Wildman–Crippen LogP) is 5.16. The lowest BCUT2D eigenvalue weighted by atomic mass is 9.74. The molecule has 0 bridgehead atoms. The van der Waals surface area contributed by atoms with Gasteiger partial charge in [0, 0.05) is 23.8 Å². The topological polar surface area (TPSA) is 84.3 Å². The minimum Gasteiger partial charge on any atom is -0.373 e. The number of anilines is 2. The van der Waals surface area contributed by atoms with Gasteiger partial charge in [0.25, 0.3) is 5.69 Å². The first-order valence-corrected chi connectivity index (χ1v) is 9.64. The highest BCUT2D eigenvalue weighted by molar-refractivity contribution is 6.01. The number of benzene rings is 2. The van der Waals surface area contributed by atoms with Crippen molar-refractivity contribution in [2.24, 2.45) is 5.41 Å². The summed E-state index contributed by atoms with van der Waals surface area (Å²) >= 11 is 0. The molecule has 29 heavy (non-hydrogen) atoms. The Bertz CT molecular complexity index is 1050. The van der Waals surface area contributed by atoms with E-state index in [-0.39, 0.29) is 22.9 Å². The standard InChI is InChI=1S/C23H23N3O3/c1-23(2)13-19-22(21(27)14-23)18(24-16-8-4-5-9-17(16)25-19)12-11-15-7-3-6-10-20(15)26(28)29/h3-12,18,24-25H,13-14H2,1-2H3/b12-11+/t18-/m1/s1. The highest BCUT2D eigenvalue weighted by Gasteiger charge is 2.37. The van der Waals surface area contributed by atoms with Crippen molar-refractivity contribution in [1.82, 2.24) is 0 Å². The smallest absolute Gasteiger partial charge is 0.276 e. The van der Waals surface area contributed by atoms with Gasteiger partial charge in [-0.2, -0.15) is 0 Å². The van der Waals surface area contributed by atoms with E-state index in [1.54, 1.807) is 24.3 Å². The second kappa shape index (κ2) is 7.20. The molecule has 0 saturated heterocycles. The van der Waals surface area contributed by atoms with Crippen LogP contribution in [-0.2, 0) is 4.79 Å². The molecular weight excluding hydrogens is 366 g/mol. The first-order valence-electron chi connectivity index (χ1n) is 9.64. The zero-order valence-electron chi connectivity index (χ0n) is 16.4. The zero-order chi connectivity index (χ0) is 20.6. The number of nitrogens with zero attached hydrogens (tertiary/aromatic N) is 1. The Morgan fingerprint density at radius 1 is 1.07 bits per heavy atom. The molecule has 2 N–H and O–H groups in total. The molecule has 1 atom stereocenters. The van der Waals surface area contributed by atoms with Gasteiger partial charge >= 0.3 is 0 Å². The van der Waals surface area contributed by atoms with Crippen LogP contribution in [0.5, 0.6) is 0 Å². The summed E-state index contributed by atoms with van der Waals surface area (Å²) in [6.45, 7) is 4.19. The monoisotopic (exact) mass is 389 g/mol.